The van der Waals surface area contributed by atoms with Gasteiger partial charge in [0.25, 0.3) is 5.91 Å². The van der Waals surface area contributed by atoms with Crippen LogP contribution in [0.1, 0.15) is 22.5 Å². The molecule has 1 aromatic carbocycles. The van der Waals surface area contributed by atoms with Gasteiger partial charge in [-0.1, -0.05) is 42.0 Å². The topological polar surface area (TPSA) is 71.8 Å². The number of nitrogens with zero attached hydrogens (tertiary/aromatic N) is 3. The first-order valence-corrected chi connectivity index (χ1v) is 9.20. The van der Waals surface area contributed by atoms with Gasteiger partial charge < -0.3 is 10.6 Å². The monoisotopic (exact) mass is 433 g/mol. The fourth-order valence-electron chi connectivity index (χ4n) is 3.50. The Morgan fingerprint density at radius 2 is 2.00 bits per heavy atom. The highest BCUT2D eigenvalue weighted by atomic mass is 35.5. The molecule has 0 radical (unpaired) electrons. The second-order valence-electron chi connectivity index (χ2n) is 6.83. The average Bonchev–Trinajstić information content (AvgIpc) is 3.00. The molecule has 0 fully saturated rings. The van der Waals surface area contributed by atoms with Crippen molar-refractivity contribution < 1.29 is 4.79 Å². The molecule has 8 heteroatoms. The number of aryl methyl sites for hydroxylation is 2. The number of hydrogen-bond donors (Lipinski definition) is 2. The summed E-state index contributed by atoms with van der Waals surface area (Å²) in [6, 6.07) is 11.8. The second kappa shape index (κ2) is 9.87. The summed E-state index contributed by atoms with van der Waals surface area (Å²) in [5.74, 6) is -0.0879. The van der Waals surface area contributed by atoms with Gasteiger partial charge in [0.15, 0.2) is 5.65 Å². The number of carbonyl (C=O) groups excluding carboxylic acids is 1. The van der Waals surface area contributed by atoms with Crippen LogP contribution in [-0.4, -0.2) is 40.3 Å². The quantitative estimate of drug-likeness (QED) is 0.618. The van der Waals surface area contributed by atoms with Gasteiger partial charge in [0.2, 0.25) is 0 Å². The largest absolute Gasteiger partial charge is 0.348 e. The number of pyridine rings is 1. The van der Waals surface area contributed by atoms with Gasteiger partial charge in [-0.2, -0.15) is 5.10 Å². The molecule has 0 saturated heterocycles. The first kappa shape index (κ1) is 22.9. The Morgan fingerprint density at radius 3 is 2.69 bits per heavy atom. The molecule has 0 atom stereocenters. The lowest BCUT2D eigenvalue weighted by molar-refractivity contribution is 0.0958. The molecule has 29 heavy (non-hydrogen) atoms. The van der Waals surface area contributed by atoms with Gasteiger partial charge in [0, 0.05) is 25.7 Å². The summed E-state index contributed by atoms with van der Waals surface area (Å²) in [6.45, 7) is 4.31. The maximum atomic E-state index is 13.0. The number of amides is 1. The lowest BCUT2D eigenvalue weighted by Crippen LogP contribution is -2.29. The van der Waals surface area contributed by atoms with E-state index in [-0.39, 0.29) is 30.7 Å². The average molecular weight is 434 g/mol. The summed E-state index contributed by atoms with van der Waals surface area (Å²) in [4.78, 5) is 17.8. The molecular formula is C21H25Cl2N5O. The van der Waals surface area contributed by atoms with Gasteiger partial charge >= 0.3 is 0 Å². The third-order valence-electron chi connectivity index (χ3n) is 4.92. The first-order chi connectivity index (χ1) is 13.1. The zero-order valence-electron chi connectivity index (χ0n) is 16.4. The van der Waals surface area contributed by atoms with Gasteiger partial charge in [-0.05, 0) is 26.0 Å². The van der Waals surface area contributed by atoms with E-state index >= 15 is 0 Å². The Balaban J connectivity index is 0.00000150. The summed E-state index contributed by atoms with van der Waals surface area (Å²) in [6.07, 6.45) is 3.11. The minimum absolute atomic E-state index is 0. The smallest absolute Gasteiger partial charge is 0.252 e. The number of aromatic nitrogens is 3. The molecule has 3 heterocycles. The molecule has 0 spiro atoms. The molecule has 0 bridgehead atoms. The van der Waals surface area contributed by atoms with E-state index in [2.05, 4.69) is 21.8 Å². The van der Waals surface area contributed by atoms with Crippen LogP contribution in [0, 0.1) is 6.92 Å². The van der Waals surface area contributed by atoms with E-state index in [1.54, 1.807) is 4.68 Å². The van der Waals surface area contributed by atoms with Crippen molar-refractivity contribution in [3.8, 4) is 11.3 Å². The number of hydrogen-bond acceptors (Lipinski definition) is 4. The maximum Gasteiger partial charge on any atom is 0.252 e. The summed E-state index contributed by atoms with van der Waals surface area (Å²) in [7, 11) is 1.86. The number of carbonyl (C=O) groups is 1. The molecule has 4 rings (SSSR count). The van der Waals surface area contributed by atoms with Crippen molar-refractivity contribution in [1.82, 2.24) is 25.4 Å². The molecule has 2 N–H and O–H groups in total. The molecule has 0 saturated carbocycles. The summed E-state index contributed by atoms with van der Waals surface area (Å²) in [5, 5.41) is 11.6. The lowest BCUT2D eigenvalue weighted by atomic mass is 10.0. The number of benzene rings is 1. The summed E-state index contributed by atoms with van der Waals surface area (Å²) < 4.78 is 1.74. The van der Waals surface area contributed by atoms with Crippen molar-refractivity contribution in [1.29, 1.82) is 0 Å². The van der Waals surface area contributed by atoms with Crippen LogP contribution < -0.4 is 10.6 Å². The van der Waals surface area contributed by atoms with E-state index in [9.17, 15) is 4.79 Å². The van der Waals surface area contributed by atoms with Crippen molar-refractivity contribution in [3.05, 3.63) is 59.3 Å². The van der Waals surface area contributed by atoms with Crippen molar-refractivity contribution in [2.75, 3.05) is 19.6 Å². The third kappa shape index (κ3) is 4.78. The van der Waals surface area contributed by atoms with Crippen LogP contribution in [0.3, 0.4) is 0 Å². The molecule has 1 amide bonds. The predicted molar refractivity (Wildman–Crippen MR) is 121 cm³/mol. The summed E-state index contributed by atoms with van der Waals surface area (Å²) in [5.41, 5.74) is 5.18. The van der Waals surface area contributed by atoms with Gasteiger partial charge in [0.1, 0.15) is 0 Å². The van der Waals surface area contributed by atoms with Crippen LogP contribution in [-0.2, 0) is 7.05 Å². The molecule has 1 aliphatic rings. The fourth-order valence-corrected chi connectivity index (χ4v) is 3.50. The fraction of sp³-hybridized carbons (Fsp3) is 0.286. The van der Waals surface area contributed by atoms with Crippen molar-refractivity contribution in [3.63, 3.8) is 0 Å². The summed E-state index contributed by atoms with van der Waals surface area (Å²) >= 11 is 0. The highest BCUT2D eigenvalue weighted by Gasteiger charge is 2.19. The lowest BCUT2D eigenvalue weighted by Gasteiger charge is -2.15. The van der Waals surface area contributed by atoms with Crippen LogP contribution >= 0.6 is 24.8 Å². The Kier molecular flexibility index (Phi) is 7.79. The third-order valence-corrected chi connectivity index (χ3v) is 4.92. The van der Waals surface area contributed by atoms with E-state index in [0.717, 1.165) is 47.5 Å². The molecule has 154 valence electrons. The molecule has 0 unspecified atom stereocenters. The van der Waals surface area contributed by atoms with E-state index in [1.807, 2.05) is 50.4 Å². The van der Waals surface area contributed by atoms with Crippen LogP contribution in [0.15, 0.2) is 48.0 Å². The predicted octanol–water partition coefficient (Wildman–Crippen LogP) is 3.44. The molecule has 3 aromatic rings. The molecule has 2 aromatic heterocycles. The number of fused-ring (bicyclic) bond motifs is 1. The van der Waals surface area contributed by atoms with E-state index in [1.165, 1.54) is 5.57 Å². The Labute approximate surface area is 182 Å². The number of halogens is 2. The van der Waals surface area contributed by atoms with E-state index in [4.69, 9.17) is 4.98 Å². The second-order valence-corrected chi connectivity index (χ2v) is 6.83. The van der Waals surface area contributed by atoms with Gasteiger partial charge in [-0.15, -0.1) is 24.8 Å². The minimum atomic E-state index is -0.0879. The normalized spacial score (nSPS) is 13.2. The van der Waals surface area contributed by atoms with Crippen LogP contribution in [0.5, 0.6) is 0 Å². The molecule has 0 aliphatic carbocycles. The van der Waals surface area contributed by atoms with E-state index in [0.29, 0.717) is 12.1 Å². The van der Waals surface area contributed by atoms with E-state index < -0.39 is 0 Å². The highest BCUT2D eigenvalue weighted by molar-refractivity contribution is 6.07. The number of rotatable bonds is 4. The molecular weight excluding hydrogens is 409 g/mol. The standard InChI is InChI=1S/C21H23N5O.2ClH/c1-14-19-17(21(27)23-13-15-8-10-22-11-9-15)12-18(16-6-4-3-5-7-16)24-20(19)26(2)25-14;;/h3-8,12,22H,9-11,13H2,1-2H3,(H,23,27);2*1H. The zero-order valence-corrected chi connectivity index (χ0v) is 18.1. The van der Waals surface area contributed by atoms with Crippen LogP contribution in [0.2, 0.25) is 0 Å². The Bertz CT molecular complexity index is 1030. The maximum absolute atomic E-state index is 13.0. The molecule has 6 nitrogen and oxygen atoms in total. The zero-order chi connectivity index (χ0) is 18.8. The Hall–Kier alpha value is -2.41. The van der Waals surface area contributed by atoms with Crippen molar-refractivity contribution in [2.45, 2.75) is 13.3 Å². The van der Waals surface area contributed by atoms with Gasteiger partial charge in [0.05, 0.1) is 22.3 Å². The molecule has 1 aliphatic heterocycles. The van der Waals surface area contributed by atoms with Crippen LogP contribution in [0.4, 0.5) is 0 Å². The van der Waals surface area contributed by atoms with Gasteiger partial charge in [-0.25, -0.2) is 4.98 Å². The highest BCUT2D eigenvalue weighted by Crippen LogP contribution is 2.26. The first-order valence-electron chi connectivity index (χ1n) is 9.20. The van der Waals surface area contributed by atoms with Crippen molar-refractivity contribution in [2.24, 2.45) is 7.05 Å². The van der Waals surface area contributed by atoms with Gasteiger partial charge in [-0.3, -0.25) is 9.48 Å². The van der Waals surface area contributed by atoms with Crippen LogP contribution in [0.25, 0.3) is 22.3 Å². The minimum Gasteiger partial charge on any atom is -0.348 e. The van der Waals surface area contributed by atoms with Crippen molar-refractivity contribution >= 4 is 41.8 Å². The SMILES string of the molecule is Cc1nn(C)c2nc(-c3ccccc3)cc(C(=O)NCC3=CCNCC3)c12.Cl.Cl. The number of nitrogens with one attached hydrogen (secondary N) is 2. The Morgan fingerprint density at radius 1 is 1.24 bits per heavy atom.